The minimum atomic E-state index is -0.0976. The summed E-state index contributed by atoms with van der Waals surface area (Å²) in [6, 6.07) is 21.6. The molecule has 1 N–H and O–H groups in total. The lowest BCUT2D eigenvalue weighted by Crippen LogP contribution is -2.30. The van der Waals surface area contributed by atoms with Crippen molar-refractivity contribution in [1.29, 1.82) is 0 Å². The molecule has 1 fully saturated rings. The Labute approximate surface area is 184 Å². The molecule has 7 heteroatoms. The molecule has 0 aliphatic carbocycles. The number of nitrogens with zero attached hydrogens (tertiary/aromatic N) is 3. The SMILES string of the molecule is S=C1N[C@@H](c2ccccn2)[C@@H](c2cccn2Cc2ccco2)N1c1ccc(Cl)cc1. The largest absolute Gasteiger partial charge is 0.467 e. The van der Waals surface area contributed by atoms with Crippen molar-refractivity contribution in [2.24, 2.45) is 0 Å². The summed E-state index contributed by atoms with van der Waals surface area (Å²) in [5.41, 5.74) is 3.03. The fourth-order valence-electron chi connectivity index (χ4n) is 3.95. The molecule has 5 nitrogen and oxygen atoms in total. The second-order valence-electron chi connectivity index (χ2n) is 7.11. The van der Waals surface area contributed by atoms with Crippen LogP contribution in [0.15, 0.2) is 89.8 Å². The fourth-order valence-corrected chi connectivity index (χ4v) is 4.42. The number of benzene rings is 1. The molecular weight excluding hydrogens is 416 g/mol. The average Bonchev–Trinajstić information content (AvgIpc) is 3.50. The molecule has 150 valence electrons. The topological polar surface area (TPSA) is 46.2 Å². The Balaban J connectivity index is 1.60. The standard InChI is InChI=1S/C23H19ClN4OS/c24-16-8-10-17(11-9-16)28-22(21(26-23(28)30)19-6-1-2-12-25-19)20-7-3-13-27(20)15-18-5-4-14-29-18/h1-14,21-22H,15H2,(H,26,30)/t21-,22+/m0/s1. The minimum Gasteiger partial charge on any atom is -0.467 e. The Morgan fingerprint density at radius 1 is 1.03 bits per heavy atom. The van der Waals surface area contributed by atoms with E-state index in [9.17, 15) is 0 Å². The van der Waals surface area contributed by atoms with Crippen molar-refractivity contribution in [2.75, 3.05) is 4.90 Å². The number of nitrogens with one attached hydrogen (secondary N) is 1. The van der Waals surface area contributed by atoms with Gasteiger partial charge >= 0.3 is 0 Å². The number of anilines is 1. The van der Waals surface area contributed by atoms with Gasteiger partial charge in [-0.15, -0.1) is 0 Å². The predicted octanol–water partition coefficient (Wildman–Crippen LogP) is 5.35. The molecule has 4 aromatic rings. The van der Waals surface area contributed by atoms with Crippen LogP contribution in [0, 0.1) is 0 Å². The lowest BCUT2D eigenvalue weighted by molar-refractivity contribution is 0.475. The van der Waals surface area contributed by atoms with E-state index in [1.54, 1.807) is 6.26 Å². The molecule has 1 saturated heterocycles. The first kappa shape index (κ1) is 18.9. The van der Waals surface area contributed by atoms with Gasteiger partial charge in [-0.2, -0.15) is 0 Å². The average molecular weight is 435 g/mol. The number of hydrogen-bond acceptors (Lipinski definition) is 3. The molecule has 0 unspecified atom stereocenters. The molecule has 5 rings (SSSR count). The van der Waals surface area contributed by atoms with Crippen molar-refractivity contribution in [3.05, 3.63) is 108 Å². The molecule has 30 heavy (non-hydrogen) atoms. The van der Waals surface area contributed by atoms with E-state index in [0.717, 1.165) is 22.8 Å². The lowest BCUT2D eigenvalue weighted by Gasteiger charge is -2.29. The molecule has 1 aromatic carbocycles. The van der Waals surface area contributed by atoms with E-state index in [2.05, 4.69) is 38.1 Å². The summed E-state index contributed by atoms with van der Waals surface area (Å²) < 4.78 is 7.77. The number of hydrogen-bond donors (Lipinski definition) is 1. The van der Waals surface area contributed by atoms with E-state index in [1.165, 1.54) is 0 Å². The first-order valence-electron chi connectivity index (χ1n) is 9.64. The van der Waals surface area contributed by atoms with Gasteiger partial charge in [-0.25, -0.2) is 0 Å². The number of furan rings is 1. The van der Waals surface area contributed by atoms with Gasteiger partial charge in [0.05, 0.1) is 24.5 Å². The van der Waals surface area contributed by atoms with E-state index >= 15 is 0 Å². The van der Waals surface area contributed by atoms with E-state index in [0.29, 0.717) is 16.7 Å². The fraction of sp³-hybridized carbons (Fsp3) is 0.130. The first-order valence-corrected chi connectivity index (χ1v) is 10.4. The Bertz CT molecular complexity index is 1140. The Kier molecular flexibility index (Phi) is 5.02. The zero-order chi connectivity index (χ0) is 20.5. The predicted molar refractivity (Wildman–Crippen MR) is 122 cm³/mol. The monoisotopic (exact) mass is 434 g/mol. The van der Waals surface area contributed by atoms with Crippen LogP contribution >= 0.6 is 23.8 Å². The highest BCUT2D eigenvalue weighted by atomic mass is 35.5. The Morgan fingerprint density at radius 3 is 2.63 bits per heavy atom. The van der Waals surface area contributed by atoms with Gasteiger partial charge in [0.15, 0.2) is 5.11 Å². The van der Waals surface area contributed by atoms with Crippen LogP contribution in [0.3, 0.4) is 0 Å². The van der Waals surface area contributed by atoms with Gasteiger partial charge in [0.25, 0.3) is 0 Å². The molecule has 0 spiro atoms. The lowest BCUT2D eigenvalue weighted by atomic mass is 10.0. The molecule has 1 aliphatic heterocycles. The maximum Gasteiger partial charge on any atom is 0.174 e. The molecule has 0 saturated carbocycles. The molecule has 3 aromatic heterocycles. The molecule has 0 amide bonds. The third-order valence-corrected chi connectivity index (χ3v) is 5.84. The molecular formula is C23H19ClN4OS. The quantitative estimate of drug-likeness (QED) is 0.429. The zero-order valence-corrected chi connectivity index (χ0v) is 17.6. The van der Waals surface area contributed by atoms with Gasteiger partial charge in [-0.1, -0.05) is 17.7 Å². The zero-order valence-electron chi connectivity index (χ0n) is 16.0. The molecule has 1 aliphatic rings. The van der Waals surface area contributed by atoms with Gasteiger partial charge in [-0.3, -0.25) is 4.98 Å². The van der Waals surface area contributed by atoms with Gasteiger partial charge in [0.1, 0.15) is 11.8 Å². The molecule has 2 atom stereocenters. The molecule has 0 bridgehead atoms. The van der Waals surface area contributed by atoms with Gasteiger partial charge in [0.2, 0.25) is 0 Å². The van der Waals surface area contributed by atoms with Crippen LogP contribution in [0.1, 0.15) is 29.2 Å². The number of thiocarbonyl (C=S) groups is 1. The second-order valence-corrected chi connectivity index (χ2v) is 7.94. The smallest absolute Gasteiger partial charge is 0.174 e. The maximum atomic E-state index is 6.13. The summed E-state index contributed by atoms with van der Waals surface area (Å²) in [5.74, 6) is 0.897. The summed E-state index contributed by atoms with van der Waals surface area (Å²) in [4.78, 5) is 6.74. The summed E-state index contributed by atoms with van der Waals surface area (Å²) in [5, 5.41) is 4.83. The van der Waals surface area contributed by atoms with E-state index < -0.39 is 0 Å². The van der Waals surface area contributed by atoms with Crippen molar-refractivity contribution in [3.63, 3.8) is 0 Å². The molecule has 0 radical (unpaired) electrons. The number of aromatic nitrogens is 2. The van der Waals surface area contributed by atoms with Crippen molar-refractivity contribution in [1.82, 2.24) is 14.9 Å². The Hall–Kier alpha value is -3.09. The van der Waals surface area contributed by atoms with Gasteiger partial charge in [0, 0.05) is 28.8 Å². The van der Waals surface area contributed by atoms with E-state index in [4.69, 9.17) is 28.2 Å². The summed E-state index contributed by atoms with van der Waals surface area (Å²) in [7, 11) is 0. The van der Waals surface area contributed by atoms with Crippen LogP contribution in [0.4, 0.5) is 5.69 Å². The minimum absolute atomic E-state index is 0.0847. The maximum absolute atomic E-state index is 6.13. The van der Waals surface area contributed by atoms with Gasteiger partial charge in [-0.05, 0) is 72.9 Å². The van der Waals surface area contributed by atoms with Crippen LogP contribution in [-0.2, 0) is 6.54 Å². The Morgan fingerprint density at radius 2 is 1.90 bits per heavy atom. The van der Waals surface area contributed by atoms with Crippen molar-refractivity contribution in [2.45, 2.75) is 18.6 Å². The van der Waals surface area contributed by atoms with Gasteiger partial charge < -0.3 is 19.2 Å². The normalized spacial score (nSPS) is 18.6. The summed E-state index contributed by atoms with van der Waals surface area (Å²) in [6.45, 7) is 0.641. The molecule has 4 heterocycles. The third kappa shape index (κ3) is 3.49. The summed E-state index contributed by atoms with van der Waals surface area (Å²) in [6.07, 6.45) is 5.57. The van der Waals surface area contributed by atoms with E-state index in [1.807, 2.05) is 60.8 Å². The van der Waals surface area contributed by atoms with Crippen LogP contribution in [-0.4, -0.2) is 14.7 Å². The summed E-state index contributed by atoms with van der Waals surface area (Å²) >= 11 is 11.9. The highest BCUT2D eigenvalue weighted by Gasteiger charge is 2.42. The van der Waals surface area contributed by atoms with Crippen molar-refractivity contribution in [3.8, 4) is 0 Å². The third-order valence-electron chi connectivity index (χ3n) is 5.28. The highest BCUT2D eigenvalue weighted by molar-refractivity contribution is 7.80. The number of pyridine rings is 1. The van der Waals surface area contributed by atoms with Crippen LogP contribution in [0.25, 0.3) is 0 Å². The van der Waals surface area contributed by atoms with E-state index in [-0.39, 0.29) is 12.1 Å². The van der Waals surface area contributed by atoms with Crippen LogP contribution in [0.5, 0.6) is 0 Å². The van der Waals surface area contributed by atoms with Crippen LogP contribution in [0.2, 0.25) is 5.02 Å². The second kappa shape index (κ2) is 7.97. The number of rotatable bonds is 5. The van der Waals surface area contributed by atoms with Crippen molar-refractivity contribution >= 4 is 34.6 Å². The highest BCUT2D eigenvalue weighted by Crippen LogP contribution is 2.41. The van der Waals surface area contributed by atoms with Crippen LogP contribution < -0.4 is 10.2 Å². The van der Waals surface area contributed by atoms with Crippen molar-refractivity contribution < 1.29 is 4.42 Å². The first-order chi connectivity index (χ1) is 14.7. The number of halogens is 1.